The summed E-state index contributed by atoms with van der Waals surface area (Å²) in [5, 5.41) is 0. The Morgan fingerprint density at radius 1 is 1.29 bits per heavy atom. The second-order valence-corrected chi connectivity index (χ2v) is 5.74. The van der Waals surface area contributed by atoms with Gasteiger partial charge in [-0.15, -0.1) is 0 Å². The van der Waals surface area contributed by atoms with Gasteiger partial charge in [0.25, 0.3) is 0 Å². The molecule has 1 heterocycles. The fourth-order valence-electron chi connectivity index (χ4n) is 2.44. The molecule has 0 bridgehead atoms. The predicted octanol–water partition coefficient (Wildman–Crippen LogP) is 4.01. The third kappa shape index (κ3) is 2.81. The van der Waals surface area contributed by atoms with Crippen molar-refractivity contribution in [2.24, 2.45) is 0 Å². The van der Waals surface area contributed by atoms with Crippen LogP contribution in [0.25, 0.3) is 0 Å². The zero-order chi connectivity index (χ0) is 14.8. The van der Waals surface area contributed by atoms with Gasteiger partial charge in [-0.3, -0.25) is 4.79 Å². The summed E-state index contributed by atoms with van der Waals surface area (Å²) in [7, 11) is 0. The number of hydrogen-bond donors (Lipinski definition) is 0. The van der Waals surface area contributed by atoms with Crippen LogP contribution in [0.3, 0.4) is 0 Å². The van der Waals surface area contributed by atoms with Gasteiger partial charge in [0.2, 0.25) is 0 Å². The summed E-state index contributed by atoms with van der Waals surface area (Å²) in [5.74, 6) is 1.46. The van der Waals surface area contributed by atoms with Crippen molar-refractivity contribution in [3.63, 3.8) is 0 Å². The first kappa shape index (κ1) is 14.1. The lowest BCUT2D eigenvalue weighted by Crippen LogP contribution is -2.06. The van der Waals surface area contributed by atoms with E-state index < -0.39 is 0 Å². The van der Waals surface area contributed by atoms with Crippen LogP contribution in [0.15, 0.2) is 40.9 Å². The van der Waals surface area contributed by atoms with Crippen LogP contribution in [0.4, 0.5) is 0 Å². The highest BCUT2D eigenvalue weighted by Gasteiger charge is 2.19. The van der Waals surface area contributed by atoms with Gasteiger partial charge in [0.05, 0.1) is 18.8 Å². The molecule has 3 nitrogen and oxygen atoms in total. The van der Waals surface area contributed by atoms with Gasteiger partial charge < -0.3 is 9.47 Å². The normalized spacial score (nSPS) is 12.7. The number of halogens is 1. The molecule has 0 unspecified atom stereocenters. The van der Waals surface area contributed by atoms with E-state index in [1.807, 2.05) is 37.3 Å². The minimum absolute atomic E-state index is 0.0329. The highest BCUT2D eigenvalue weighted by molar-refractivity contribution is 9.10. The standard InChI is InChI=1S/C17H15BrO3/c1-2-20-16-6-4-13(18)10-14(16)17(19)12-3-5-15-11(9-12)7-8-21-15/h3-6,9-10H,2,7-8H2,1H3. The van der Waals surface area contributed by atoms with Gasteiger partial charge in [0, 0.05) is 16.5 Å². The Morgan fingerprint density at radius 3 is 2.95 bits per heavy atom. The van der Waals surface area contributed by atoms with Crippen molar-refractivity contribution in [3.8, 4) is 11.5 Å². The molecule has 2 aromatic carbocycles. The molecule has 0 spiro atoms. The fourth-order valence-corrected chi connectivity index (χ4v) is 2.81. The van der Waals surface area contributed by atoms with Crippen LogP contribution in [0.1, 0.15) is 28.4 Å². The molecule has 0 atom stereocenters. The van der Waals surface area contributed by atoms with E-state index in [-0.39, 0.29) is 5.78 Å². The first-order valence-corrected chi connectivity index (χ1v) is 7.71. The molecule has 1 aliphatic heterocycles. The highest BCUT2D eigenvalue weighted by Crippen LogP contribution is 2.30. The van der Waals surface area contributed by atoms with Crippen molar-refractivity contribution in [1.29, 1.82) is 0 Å². The summed E-state index contributed by atoms with van der Waals surface area (Å²) in [6, 6.07) is 11.1. The number of carbonyl (C=O) groups is 1. The van der Waals surface area contributed by atoms with Crippen molar-refractivity contribution < 1.29 is 14.3 Å². The van der Waals surface area contributed by atoms with E-state index in [2.05, 4.69) is 15.9 Å². The Bertz CT molecular complexity index is 694. The maximum absolute atomic E-state index is 12.8. The van der Waals surface area contributed by atoms with Crippen molar-refractivity contribution in [3.05, 3.63) is 57.6 Å². The number of carbonyl (C=O) groups excluding carboxylic acids is 1. The van der Waals surface area contributed by atoms with Crippen molar-refractivity contribution in [2.75, 3.05) is 13.2 Å². The SMILES string of the molecule is CCOc1ccc(Br)cc1C(=O)c1ccc2c(c1)CCO2. The zero-order valence-corrected chi connectivity index (χ0v) is 13.3. The molecule has 4 heteroatoms. The van der Waals surface area contributed by atoms with E-state index in [0.717, 1.165) is 22.2 Å². The Kier molecular flexibility index (Phi) is 3.97. The Balaban J connectivity index is 2.00. The van der Waals surface area contributed by atoms with E-state index in [0.29, 0.717) is 30.1 Å². The van der Waals surface area contributed by atoms with Gasteiger partial charge in [0.15, 0.2) is 5.78 Å². The summed E-state index contributed by atoms with van der Waals surface area (Å²) in [4.78, 5) is 12.8. The summed E-state index contributed by atoms with van der Waals surface area (Å²) >= 11 is 3.41. The third-order valence-electron chi connectivity index (χ3n) is 3.44. The smallest absolute Gasteiger partial charge is 0.196 e. The number of fused-ring (bicyclic) bond motifs is 1. The number of ketones is 1. The molecule has 3 rings (SSSR count). The number of hydrogen-bond acceptors (Lipinski definition) is 3. The molecule has 0 fully saturated rings. The van der Waals surface area contributed by atoms with Gasteiger partial charge >= 0.3 is 0 Å². The first-order valence-electron chi connectivity index (χ1n) is 6.92. The predicted molar refractivity (Wildman–Crippen MR) is 84.4 cm³/mol. The quantitative estimate of drug-likeness (QED) is 0.784. The molecule has 0 aliphatic carbocycles. The Labute approximate surface area is 132 Å². The molecule has 0 saturated carbocycles. The van der Waals surface area contributed by atoms with Crippen LogP contribution in [-0.2, 0) is 6.42 Å². The summed E-state index contributed by atoms with van der Waals surface area (Å²) in [6.07, 6.45) is 0.854. The Morgan fingerprint density at radius 2 is 2.14 bits per heavy atom. The van der Waals surface area contributed by atoms with E-state index >= 15 is 0 Å². The second-order valence-electron chi connectivity index (χ2n) is 4.82. The lowest BCUT2D eigenvalue weighted by molar-refractivity contribution is 0.103. The molecular weight excluding hydrogens is 332 g/mol. The summed E-state index contributed by atoms with van der Waals surface area (Å²) in [6.45, 7) is 3.12. The van der Waals surface area contributed by atoms with Gasteiger partial charge in [-0.2, -0.15) is 0 Å². The van der Waals surface area contributed by atoms with Gasteiger partial charge in [-0.25, -0.2) is 0 Å². The molecule has 0 saturated heterocycles. The molecular formula is C17H15BrO3. The lowest BCUT2D eigenvalue weighted by Gasteiger charge is -2.10. The van der Waals surface area contributed by atoms with Crippen molar-refractivity contribution in [1.82, 2.24) is 0 Å². The maximum Gasteiger partial charge on any atom is 0.196 e. The summed E-state index contributed by atoms with van der Waals surface area (Å²) < 4.78 is 11.9. The molecule has 21 heavy (non-hydrogen) atoms. The van der Waals surface area contributed by atoms with Crippen LogP contribution >= 0.6 is 15.9 Å². The van der Waals surface area contributed by atoms with E-state index in [4.69, 9.17) is 9.47 Å². The molecule has 0 radical (unpaired) electrons. The lowest BCUT2D eigenvalue weighted by atomic mass is 10.00. The van der Waals surface area contributed by atoms with Gasteiger partial charge in [-0.1, -0.05) is 15.9 Å². The number of rotatable bonds is 4. The van der Waals surface area contributed by atoms with E-state index in [1.54, 1.807) is 6.07 Å². The molecule has 0 N–H and O–H groups in total. The molecule has 2 aromatic rings. The monoisotopic (exact) mass is 346 g/mol. The molecule has 108 valence electrons. The van der Waals surface area contributed by atoms with Crippen molar-refractivity contribution >= 4 is 21.7 Å². The van der Waals surface area contributed by atoms with Crippen molar-refractivity contribution in [2.45, 2.75) is 13.3 Å². The minimum atomic E-state index is -0.0329. The van der Waals surface area contributed by atoms with Crippen LogP contribution in [0, 0.1) is 0 Å². The third-order valence-corrected chi connectivity index (χ3v) is 3.93. The zero-order valence-electron chi connectivity index (χ0n) is 11.7. The maximum atomic E-state index is 12.8. The molecule has 0 aromatic heterocycles. The largest absolute Gasteiger partial charge is 0.493 e. The minimum Gasteiger partial charge on any atom is -0.493 e. The molecule has 1 aliphatic rings. The average molecular weight is 347 g/mol. The molecule has 0 amide bonds. The fraction of sp³-hybridized carbons (Fsp3) is 0.235. The van der Waals surface area contributed by atoms with Gasteiger partial charge in [-0.05, 0) is 48.9 Å². The topological polar surface area (TPSA) is 35.5 Å². The van der Waals surface area contributed by atoms with E-state index in [1.165, 1.54) is 0 Å². The van der Waals surface area contributed by atoms with Gasteiger partial charge in [0.1, 0.15) is 11.5 Å². The number of ether oxygens (including phenoxy) is 2. The van der Waals surface area contributed by atoms with Crippen LogP contribution in [0.2, 0.25) is 0 Å². The summed E-state index contributed by atoms with van der Waals surface area (Å²) in [5.41, 5.74) is 2.33. The number of benzene rings is 2. The van der Waals surface area contributed by atoms with E-state index in [9.17, 15) is 4.79 Å². The first-order chi connectivity index (χ1) is 10.2. The Hall–Kier alpha value is -1.81. The van der Waals surface area contributed by atoms with Crippen LogP contribution in [0.5, 0.6) is 11.5 Å². The van der Waals surface area contributed by atoms with Crippen LogP contribution in [-0.4, -0.2) is 19.0 Å². The van der Waals surface area contributed by atoms with Crippen LogP contribution < -0.4 is 9.47 Å². The second kappa shape index (κ2) is 5.90. The highest BCUT2D eigenvalue weighted by atomic mass is 79.9. The average Bonchev–Trinajstić information content (AvgIpc) is 2.96.